The summed E-state index contributed by atoms with van der Waals surface area (Å²) in [7, 11) is 0. The first kappa shape index (κ1) is 18.2. The monoisotopic (exact) mass is 403 g/mol. The lowest BCUT2D eigenvalue weighted by Crippen LogP contribution is -2.13. The van der Waals surface area contributed by atoms with Crippen LogP contribution < -0.4 is 16.4 Å². The third-order valence-corrected chi connectivity index (χ3v) is 5.09. The van der Waals surface area contributed by atoms with E-state index in [2.05, 4.69) is 25.7 Å². The molecule has 30 heavy (non-hydrogen) atoms. The number of nitrogens with one attached hydrogen (secondary N) is 2. The zero-order chi connectivity index (χ0) is 20.7. The molecule has 0 radical (unpaired) electrons. The van der Waals surface area contributed by atoms with Crippen LogP contribution in [-0.4, -0.2) is 25.7 Å². The highest BCUT2D eigenvalue weighted by molar-refractivity contribution is 6.05. The van der Waals surface area contributed by atoms with Crippen molar-refractivity contribution in [3.63, 3.8) is 0 Å². The summed E-state index contributed by atoms with van der Waals surface area (Å²) in [4.78, 5) is 21.0. The van der Waals surface area contributed by atoms with Crippen molar-refractivity contribution in [3.8, 4) is 5.95 Å². The Balaban J connectivity index is 1.59. The molecule has 1 aliphatic heterocycles. The van der Waals surface area contributed by atoms with Crippen LogP contribution in [0.3, 0.4) is 0 Å². The van der Waals surface area contributed by atoms with Gasteiger partial charge in [0.25, 0.3) is 5.95 Å². The molecular formula is C21H18FN7O. The summed E-state index contributed by atoms with van der Waals surface area (Å²) in [5.41, 5.74) is 8.82. The highest BCUT2D eigenvalue weighted by Crippen LogP contribution is 2.26. The number of primary amides is 1. The predicted molar refractivity (Wildman–Crippen MR) is 109 cm³/mol. The van der Waals surface area contributed by atoms with Crippen LogP contribution in [-0.2, 0) is 19.6 Å². The second-order valence-electron chi connectivity index (χ2n) is 7.05. The number of hydrogen-bond acceptors (Lipinski definition) is 6. The topological polar surface area (TPSA) is 111 Å². The fourth-order valence-electron chi connectivity index (χ4n) is 3.63. The van der Waals surface area contributed by atoms with Crippen molar-refractivity contribution in [2.75, 3.05) is 5.32 Å². The number of fused-ring (bicyclic) bond motifs is 2. The normalized spacial score (nSPS) is 12.8. The molecule has 2 aromatic carbocycles. The van der Waals surface area contributed by atoms with E-state index in [0.717, 1.165) is 22.9 Å². The molecule has 0 atom stereocenters. The molecule has 4 aromatic rings. The van der Waals surface area contributed by atoms with Gasteiger partial charge in [-0.2, -0.15) is 14.8 Å². The van der Waals surface area contributed by atoms with Crippen LogP contribution in [0.5, 0.6) is 0 Å². The first-order chi connectivity index (χ1) is 14.6. The van der Waals surface area contributed by atoms with Crippen molar-refractivity contribution in [1.82, 2.24) is 25.1 Å². The lowest BCUT2D eigenvalue weighted by Gasteiger charge is -2.12. The van der Waals surface area contributed by atoms with Crippen molar-refractivity contribution in [2.45, 2.75) is 19.6 Å². The van der Waals surface area contributed by atoms with Gasteiger partial charge in [0.05, 0.1) is 23.0 Å². The third kappa shape index (κ3) is 3.15. The largest absolute Gasteiger partial charge is 0.366 e. The first-order valence-corrected chi connectivity index (χ1v) is 9.46. The van der Waals surface area contributed by atoms with Crippen LogP contribution in [0.25, 0.3) is 16.9 Å². The van der Waals surface area contributed by atoms with Gasteiger partial charge in [-0.25, -0.2) is 9.37 Å². The summed E-state index contributed by atoms with van der Waals surface area (Å²) in [5, 5.41) is 11.4. The number of aromatic nitrogens is 4. The van der Waals surface area contributed by atoms with Crippen LogP contribution in [0.15, 0.2) is 48.7 Å². The number of hydrogen-bond donors (Lipinski definition) is 3. The Morgan fingerprint density at radius 2 is 2.03 bits per heavy atom. The predicted octanol–water partition coefficient (Wildman–Crippen LogP) is 2.27. The fraction of sp³-hybridized carbons (Fsp3) is 0.143. The minimum atomic E-state index is -0.719. The van der Waals surface area contributed by atoms with E-state index in [1.54, 1.807) is 0 Å². The van der Waals surface area contributed by atoms with Crippen molar-refractivity contribution in [1.29, 1.82) is 0 Å². The number of amides is 1. The lowest BCUT2D eigenvalue weighted by molar-refractivity contribution is 0.100. The Labute approximate surface area is 170 Å². The van der Waals surface area contributed by atoms with E-state index in [-0.39, 0.29) is 5.56 Å². The average Bonchev–Trinajstić information content (AvgIpc) is 3.38. The highest BCUT2D eigenvalue weighted by atomic mass is 19.1. The third-order valence-electron chi connectivity index (χ3n) is 5.09. The van der Waals surface area contributed by atoms with Crippen molar-refractivity contribution >= 4 is 22.6 Å². The molecule has 0 bridgehead atoms. The van der Waals surface area contributed by atoms with Gasteiger partial charge in [0.1, 0.15) is 11.6 Å². The number of benzene rings is 2. The number of halogens is 1. The summed E-state index contributed by atoms with van der Waals surface area (Å²) in [6.45, 7) is 1.86. The van der Waals surface area contributed by atoms with Crippen molar-refractivity contribution in [2.24, 2.45) is 5.73 Å². The van der Waals surface area contributed by atoms with Crippen molar-refractivity contribution in [3.05, 3.63) is 76.9 Å². The maximum Gasteiger partial charge on any atom is 0.253 e. The van der Waals surface area contributed by atoms with E-state index in [9.17, 15) is 9.18 Å². The van der Waals surface area contributed by atoms with E-state index in [0.29, 0.717) is 42.3 Å². The molecule has 5 rings (SSSR count). The second kappa shape index (κ2) is 7.20. The molecule has 3 heterocycles. The van der Waals surface area contributed by atoms with E-state index in [1.807, 2.05) is 30.3 Å². The molecule has 0 spiro atoms. The Morgan fingerprint density at radius 1 is 1.20 bits per heavy atom. The summed E-state index contributed by atoms with van der Waals surface area (Å²) in [6, 6.07) is 12.4. The van der Waals surface area contributed by atoms with Crippen LogP contribution in [0.1, 0.15) is 27.2 Å². The zero-order valence-corrected chi connectivity index (χ0v) is 15.9. The smallest absolute Gasteiger partial charge is 0.253 e. The van der Waals surface area contributed by atoms with Gasteiger partial charge in [0.2, 0.25) is 5.91 Å². The zero-order valence-electron chi connectivity index (χ0n) is 15.9. The second-order valence-corrected chi connectivity index (χ2v) is 7.05. The summed E-state index contributed by atoms with van der Waals surface area (Å²) in [5.74, 6) is -0.310. The first-order valence-electron chi connectivity index (χ1n) is 9.46. The van der Waals surface area contributed by atoms with Gasteiger partial charge in [-0.3, -0.25) is 4.79 Å². The fourth-order valence-corrected chi connectivity index (χ4v) is 3.63. The van der Waals surface area contributed by atoms with Gasteiger partial charge in [0.15, 0.2) is 0 Å². The molecule has 4 N–H and O–H groups in total. The maximum absolute atomic E-state index is 14.1. The number of anilines is 1. The van der Waals surface area contributed by atoms with E-state index in [1.165, 1.54) is 16.9 Å². The van der Waals surface area contributed by atoms with Crippen LogP contribution in [0, 0.1) is 5.82 Å². The Kier molecular flexibility index (Phi) is 4.36. The van der Waals surface area contributed by atoms with Gasteiger partial charge >= 0.3 is 0 Å². The Bertz CT molecular complexity index is 1270. The van der Waals surface area contributed by atoms with E-state index < -0.39 is 11.7 Å². The number of rotatable bonds is 5. The lowest BCUT2D eigenvalue weighted by atomic mass is 10.1. The number of carbonyl (C=O) groups excluding carboxylic acids is 1. The van der Waals surface area contributed by atoms with E-state index in [4.69, 9.17) is 5.73 Å². The standard InChI is InChI=1S/C21H18FN7O/c22-13-6-14(19(23)30)15-10-26-29(18(15)7-13)21-27-17-11-24-9-16(17)20(28-21)25-8-12-4-2-1-3-5-12/h1-7,10,24H,8-9,11H2,(H2,23,30)(H,25,27,28). The van der Waals surface area contributed by atoms with Crippen molar-refractivity contribution < 1.29 is 9.18 Å². The molecule has 9 heteroatoms. The SMILES string of the molecule is NC(=O)c1cc(F)cc2c1cnn2-c1nc2c(c(NCc3ccccc3)n1)CNC2. The molecular weight excluding hydrogens is 385 g/mol. The van der Waals surface area contributed by atoms with Crippen LogP contribution >= 0.6 is 0 Å². The molecule has 2 aromatic heterocycles. The minimum absolute atomic E-state index is 0.0708. The molecule has 0 aliphatic carbocycles. The maximum atomic E-state index is 14.1. The molecule has 0 saturated heterocycles. The number of nitrogens with zero attached hydrogens (tertiary/aromatic N) is 4. The van der Waals surface area contributed by atoms with Crippen LogP contribution in [0.4, 0.5) is 10.2 Å². The molecule has 1 aliphatic rings. The summed E-state index contributed by atoms with van der Waals surface area (Å²) < 4.78 is 15.6. The van der Waals surface area contributed by atoms with Gasteiger partial charge in [-0.05, 0) is 11.6 Å². The Morgan fingerprint density at radius 3 is 2.83 bits per heavy atom. The van der Waals surface area contributed by atoms with Crippen LogP contribution in [0.2, 0.25) is 0 Å². The highest BCUT2D eigenvalue weighted by Gasteiger charge is 2.22. The quantitative estimate of drug-likeness (QED) is 0.471. The molecule has 1 amide bonds. The summed E-state index contributed by atoms with van der Waals surface area (Å²) in [6.07, 6.45) is 1.47. The molecule has 0 unspecified atom stereocenters. The van der Waals surface area contributed by atoms with Gasteiger partial charge < -0.3 is 16.4 Å². The molecule has 0 fully saturated rings. The van der Waals surface area contributed by atoms with Gasteiger partial charge in [-0.15, -0.1) is 0 Å². The number of carbonyl (C=O) groups is 1. The Hall–Kier alpha value is -3.85. The minimum Gasteiger partial charge on any atom is -0.366 e. The van der Waals surface area contributed by atoms with Gasteiger partial charge in [0, 0.05) is 36.7 Å². The molecule has 150 valence electrons. The summed E-state index contributed by atoms with van der Waals surface area (Å²) >= 11 is 0. The van der Waals surface area contributed by atoms with Gasteiger partial charge in [-0.1, -0.05) is 30.3 Å². The average molecular weight is 403 g/mol. The molecule has 8 nitrogen and oxygen atoms in total. The van der Waals surface area contributed by atoms with E-state index >= 15 is 0 Å². The number of nitrogens with two attached hydrogens (primary N) is 1. The molecule has 0 saturated carbocycles.